The quantitative estimate of drug-likeness (QED) is 0.939. The molecule has 3 rings (SSSR count). The first kappa shape index (κ1) is 14.2. The van der Waals surface area contributed by atoms with E-state index >= 15 is 0 Å². The van der Waals surface area contributed by atoms with Gasteiger partial charge < -0.3 is 9.63 Å². The number of aliphatic hydroxyl groups is 1. The third-order valence-corrected chi connectivity index (χ3v) is 4.15. The lowest BCUT2D eigenvalue weighted by atomic mass is 9.94. The van der Waals surface area contributed by atoms with Crippen LogP contribution in [0.4, 0.5) is 0 Å². The summed E-state index contributed by atoms with van der Waals surface area (Å²) in [6.45, 7) is 6.30. The van der Waals surface area contributed by atoms with Crippen LogP contribution in [0.2, 0.25) is 0 Å². The van der Waals surface area contributed by atoms with E-state index in [0.717, 1.165) is 37.1 Å². The maximum Gasteiger partial charge on any atom is 0.241 e. The number of piperidine rings is 1. The van der Waals surface area contributed by atoms with E-state index in [0.29, 0.717) is 18.3 Å². The Morgan fingerprint density at radius 1 is 1.29 bits per heavy atom. The molecule has 1 N–H and O–H groups in total. The molecule has 0 bridgehead atoms. The summed E-state index contributed by atoms with van der Waals surface area (Å²) in [5, 5.41) is 14.0. The zero-order chi connectivity index (χ0) is 14.9. The molecule has 0 amide bonds. The van der Waals surface area contributed by atoms with Crippen molar-refractivity contribution in [2.75, 3.05) is 13.1 Å². The van der Waals surface area contributed by atoms with Gasteiger partial charge in [-0.3, -0.25) is 4.90 Å². The normalized spacial score (nSPS) is 18.8. The summed E-state index contributed by atoms with van der Waals surface area (Å²) in [6.07, 6.45) is 1.57. The van der Waals surface area contributed by atoms with Crippen LogP contribution < -0.4 is 0 Å². The van der Waals surface area contributed by atoms with Crippen LogP contribution >= 0.6 is 0 Å². The Morgan fingerprint density at radius 3 is 2.71 bits per heavy atom. The first-order valence-corrected chi connectivity index (χ1v) is 7.37. The molecule has 1 fully saturated rings. The highest BCUT2D eigenvalue weighted by Crippen LogP contribution is 2.23. The van der Waals surface area contributed by atoms with Gasteiger partial charge in [0.15, 0.2) is 0 Å². The Bertz CT molecular complexity index is 611. The largest absolute Gasteiger partial charge is 0.390 e. The molecule has 0 radical (unpaired) electrons. The summed E-state index contributed by atoms with van der Waals surface area (Å²) in [5.74, 6) is 1.28. The maximum absolute atomic E-state index is 9.96. The number of hydrogen-bond donors (Lipinski definition) is 1. The van der Waals surface area contributed by atoms with Gasteiger partial charge in [0, 0.05) is 18.7 Å². The smallest absolute Gasteiger partial charge is 0.241 e. The molecule has 0 unspecified atom stereocenters. The number of benzene rings is 1. The maximum atomic E-state index is 9.96. The Hall–Kier alpha value is -1.72. The van der Waals surface area contributed by atoms with Gasteiger partial charge >= 0.3 is 0 Å². The van der Waals surface area contributed by atoms with Crippen LogP contribution in [0, 0.1) is 6.92 Å². The molecule has 5 heteroatoms. The highest BCUT2D eigenvalue weighted by atomic mass is 16.5. The lowest BCUT2D eigenvalue weighted by Gasteiger charge is -2.34. The molecular weight excluding hydrogens is 266 g/mol. The van der Waals surface area contributed by atoms with Crippen LogP contribution in [0.3, 0.4) is 0 Å². The molecule has 1 aliphatic heterocycles. The molecule has 1 aromatic carbocycles. The SMILES string of the molecule is Cc1ccccc1-c1noc(CN2CCC(C)(O)CC2)n1. The molecule has 0 atom stereocenters. The van der Waals surface area contributed by atoms with Crippen molar-refractivity contribution in [1.29, 1.82) is 0 Å². The molecule has 1 aliphatic rings. The molecule has 1 saturated heterocycles. The van der Waals surface area contributed by atoms with E-state index in [4.69, 9.17) is 4.52 Å². The summed E-state index contributed by atoms with van der Waals surface area (Å²) in [7, 11) is 0. The number of rotatable bonds is 3. The van der Waals surface area contributed by atoms with Gasteiger partial charge in [-0.25, -0.2) is 0 Å². The number of likely N-dealkylation sites (tertiary alicyclic amines) is 1. The predicted molar refractivity (Wildman–Crippen MR) is 79.6 cm³/mol. The second kappa shape index (κ2) is 5.58. The van der Waals surface area contributed by atoms with Crippen molar-refractivity contribution in [1.82, 2.24) is 15.0 Å². The fourth-order valence-electron chi connectivity index (χ4n) is 2.64. The van der Waals surface area contributed by atoms with Gasteiger partial charge in [-0.2, -0.15) is 4.98 Å². The number of aromatic nitrogens is 2. The first-order chi connectivity index (χ1) is 10.0. The Morgan fingerprint density at radius 2 is 2.00 bits per heavy atom. The molecule has 5 nitrogen and oxygen atoms in total. The second-order valence-corrected chi connectivity index (χ2v) is 6.10. The van der Waals surface area contributed by atoms with Gasteiger partial charge in [-0.05, 0) is 32.3 Å². The standard InChI is InChI=1S/C16H21N3O2/c1-12-5-3-4-6-13(12)15-17-14(21-18-15)11-19-9-7-16(2,20)8-10-19/h3-6,20H,7-11H2,1-2H3. The van der Waals surface area contributed by atoms with Crippen LogP contribution in [-0.2, 0) is 6.54 Å². The number of aryl methyl sites for hydroxylation is 1. The van der Waals surface area contributed by atoms with E-state index in [2.05, 4.69) is 15.0 Å². The van der Waals surface area contributed by atoms with Gasteiger partial charge in [0.25, 0.3) is 0 Å². The van der Waals surface area contributed by atoms with Gasteiger partial charge in [0.05, 0.1) is 12.1 Å². The average Bonchev–Trinajstić information content (AvgIpc) is 2.90. The minimum absolute atomic E-state index is 0.530. The lowest BCUT2D eigenvalue weighted by Crippen LogP contribution is -2.42. The third-order valence-electron chi connectivity index (χ3n) is 4.15. The molecule has 2 heterocycles. The molecule has 0 saturated carbocycles. The summed E-state index contributed by atoms with van der Waals surface area (Å²) in [5.41, 5.74) is 1.62. The van der Waals surface area contributed by atoms with Crippen molar-refractivity contribution in [3.8, 4) is 11.4 Å². The van der Waals surface area contributed by atoms with E-state index in [9.17, 15) is 5.11 Å². The molecule has 2 aromatic rings. The minimum Gasteiger partial charge on any atom is -0.390 e. The summed E-state index contributed by atoms with van der Waals surface area (Å²) in [4.78, 5) is 6.73. The zero-order valence-corrected chi connectivity index (χ0v) is 12.5. The fraction of sp³-hybridized carbons (Fsp3) is 0.500. The monoisotopic (exact) mass is 287 g/mol. The first-order valence-electron chi connectivity index (χ1n) is 7.37. The number of nitrogens with zero attached hydrogens (tertiary/aromatic N) is 3. The van der Waals surface area contributed by atoms with Gasteiger partial charge in [0.2, 0.25) is 11.7 Å². The van der Waals surface area contributed by atoms with Crippen molar-refractivity contribution in [3.63, 3.8) is 0 Å². The van der Waals surface area contributed by atoms with Crippen molar-refractivity contribution in [2.45, 2.75) is 38.8 Å². The van der Waals surface area contributed by atoms with Gasteiger partial charge in [-0.1, -0.05) is 29.4 Å². The van der Waals surface area contributed by atoms with E-state index in [1.807, 2.05) is 38.1 Å². The second-order valence-electron chi connectivity index (χ2n) is 6.10. The molecule has 0 spiro atoms. The van der Waals surface area contributed by atoms with Crippen LogP contribution in [0.15, 0.2) is 28.8 Å². The fourth-order valence-corrected chi connectivity index (χ4v) is 2.64. The van der Waals surface area contributed by atoms with Crippen LogP contribution in [0.25, 0.3) is 11.4 Å². The van der Waals surface area contributed by atoms with E-state index in [1.165, 1.54) is 0 Å². The summed E-state index contributed by atoms with van der Waals surface area (Å²) in [6, 6.07) is 8.02. The highest BCUT2D eigenvalue weighted by molar-refractivity contribution is 5.58. The highest BCUT2D eigenvalue weighted by Gasteiger charge is 2.28. The van der Waals surface area contributed by atoms with Crippen LogP contribution in [0.5, 0.6) is 0 Å². The molecule has 21 heavy (non-hydrogen) atoms. The van der Waals surface area contributed by atoms with Crippen molar-refractivity contribution in [2.24, 2.45) is 0 Å². The average molecular weight is 287 g/mol. The predicted octanol–water partition coefficient (Wildman–Crippen LogP) is 2.39. The van der Waals surface area contributed by atoms with Crippen LogP contribution in [-0.4, -0.2) is 38.8 Å². The van der Waals surface area contributed by atoms with E-state index in [1.54, 1.807) is 0 Å². The molecule has 1 aromatic heterocycles. The number of hydrogen-bond acceptors (Lipinski definition) is 5. The van der Waals surface area contributed by atoms with Crippen molar-refractivity contribution >= 4 is 0 Å². The molecule has 112 valence electrons. The Balaban J connectivity index is 1.68. The van der Waals surface area contributed by atoms with Crippen LogP contribution in [0.1, 0.15) is 31.2 Å². The zero-order valence-electron chi connectivity index (χ0n) is 12.5. The van der Waals surface area contributed by atoms with E-state index in [-0.39, 0.29) is 0 Å². The summed E-state index contributed by atoms with van der Waals surface area (Å²) < 4.78 is 5.36. The Kier molecular flexibility index (Phi) is 3.78. The Labute approximate surface area is 124 Å². The minimum atomic E-state index is -0.530. The summed E-state index contributed by atoms with van der Waals surface area (Å²) >= 11 is 0. The van der Waals surface area contributed by atoms with Crippen molar-refractivity contribution < 1.29 is 9.63 Å². The lowest BCUT2D eigenvalue weighted by molar-refractivity contribution is -0.00944. The molecule has 0 aliphatic carbocycles. The van der Waals surface area contributed by atoms with Gasteiger partial charge in [0.1, 0.15) is 0 Å². The molecular formula is C16H21N3O2. The van der Waals surface area contributed by atoms with Gasteiger partial charge in [-0.15, -0.1) is 0 Å². The van der Waals surface area contributed by atoms with E-state index < -0.39 is 5.60 Å². The topological polar surface area (TPSA) is 62.4 Å². The third kappa shape index (κ3) is 3.31. The van der Waals surface area contributed by atoms with Crippen molar-refractivity contribution in [3.05, 3.63) is 35.7 Å².